The summed E-state index contributed by atoms with van der Waals surface area (Å²) < 4.78 is 22.5. The maximum Gasteiger partial charge on any atom is 0.419 e. The molecule has 2 aliphatic rings. The molecule has 1 aromatic carbocycles. The first kappa shape index (κ1) is 27.6. The highest BCUT2D eigenvalue weighted by molar-refractivity contribution is 5.94. The third-order valence-electron chi connectivity index (χ3n) is 6.30. The number of fused-ring (bicyclic) bond motifs is 1. The highest BCUT2D eigenvalue weighted by Gasteiger charge is 2.58. The van der Waals surface area contributed by atoms with E-state index in [4.69, 9.17) is 18.9 Å². The standard InChI is InChI=1S/C27H37NO8/c1-8-16(17-12-10-9-11-13-17)14-19(29)28-20-21(35-24(31)27(5,6)7)18(34-23(30)26(2,3)4)15-33-22(20)36-25(28)32/h9-13,16,18,20-22H,8,14-15H2,1-7H3/t16-,18+,20-,21+,22-/m0/s1. The van der Waals surface area contributed by atoms with Crippen LogP contribution in [0.4, 0.5) is 4.79 Å². The van der Waals surface area contributed by atoms with E-state index in [0.717, 1.165) is 10.5 Å². The monoisotopic (exact) mass is 503 g/mol. The van der Waals surface area contributed by atoms with Crippen molar-refractivity contribution >= 4 is 23.9 Å². The van der Waals surface area contributed by atoms with E-state index in [0.29, 0.717) is 6.42 Å². The highest BCUT2D eigenvalue weighted by atomic mass is 16.7. The fourth-order valence-corrected chi connectivity index (χ4v) is 4.07. The summed E-state index contributed by atoms with van der Waals surface area (Å²) in [5.41, 5.74) is -0.715. The minimum absolute atomic E-state index is 0.0468. The van der Waals surface area contributed by atoms with Crippen molar-refractivity contribution in [1.29, 1.82) is 0 Å². The number of rotatable bonds is 6. The molecule has 2 aliphatic heterocycles. The zero-order valence-corrected chi connectivity index (χ0v) is 22.1. The van der Waals surface area contributed by atoms with Crippen LogP contribution in [-0.4, -0.2) is 60.0 Å². The fourth-order valence-electron chi connectivity index (χ4n) is 4.07. The molecule has 9 heteroatoms. The van der Waals surface area contributed by atoms with Crippen LogP contribution in [0, 0.1) is 10.8 Å². The van der Waals surface area contributed by atoms with Crippen LogP contribution in [0.15, 0.2) is 30.3 Å². The van der Waals surface area contributed by atoms with Gasteiger partial charge >= 0.3 is 18.0 Å². The lowest BCUT2D eigenvalue weighted by molar-refractivity contribution is -0.227. The smallest absolute Gasteiger partial charge is 0.419 e. The molecule has 2 amide bonds. The first-order valence-corrected chi connectivity index (χ1v) is 12.4. The Hall–Kier alpha value is -2.94. The molecular formula is C27H37NO8. The van der Waals surface area contributed by atoms with E-state index in [1.165, 1.54) is 0 Å². The second kappa shape index (κ2) is 10.6. The number of esters is 2. The van der Waals surface area contributed by atoms with Gasteiger partial charge in [-0.25, -0.2) is 9.69 Å². The maximum absolute atomic E-state index is 13.5. The SMILES string of the molecule is CC[C@@H](CC(=O)N1C(=O)O[C@@H]2OC[C@@H](OC(=O)C(C)(C)C)[C@@H](OC(=O)C(C)(C)C)[C@@H]21)c1ccccc1. The van der Waals surface area contributed by atoms with Crippen molar-refractivity contribution in [2.24, 2.45) is 10.8 Å². The fraction of sp³-hybridized carbons (Fsp3) is 0.630. The molecule has 0 radical (unpaired) electrons. The lowest BCUT2D eigenvalue weighted by Crippen LogP contribution is -2.61. The van der Waals surface area contributed by atoms with Gasteiger partial charge in [0.15, 0.2) is 12.2 Å². The van der Waals surface area contributed by atoms with Crippen LogP contribution < -0.4 is 0 Å². The molecule has 2 heterocycles. The van der Waals surface area contributed by atoms with Gasteiger partial charge in [-0.3, -0.25) is 14.4 Å². The van der Waals surface area contributed by atoms with Crippen LogP contribution in [0.2, 0.25) is 0 Å². The van der Waals surface area contributed by atoms with Gasteiger partial charge in [0.2, 0.25) is 12.2 Å². The molecule has 0 saturated carbocycles. The molecule has 3 rings (SSSR count). The van der Waals surface area contributed by atoms with Crippen molar-refractivity contribution in [2.45, 2.75) is 91.8 Å². The topological polar surface area (TPSA) is 108 Å². The Morgan fingerprint density at radius 3 is 2.14 bits per heavy atom. The Balaban J connectivity index is 1.91. The summed E-state index contributed by atoms with van der Waals surface area (Å²) in [5, 5.41) is 0. The van der Waals surface area contributed by atoms with Crippen molar-refractivity contribution in [3.63, 3.8) is 0 Å². The van der Waals surface area contributed by atoms with Crippen molar-refractivity contribution in [1.82, 2.24) is 4.90 Å². The minimum atomic E-state index is -1.14. The molecule has 0 aromatic heterocycles. The van der Waals surface area contributed by atoms with Gasteiger partial charge in [0.25, 0.3) is 0 Å². The van der Waals surface area contributed by atoms with E-state index < -0.39 is 59.3 Å². The normalized spacial score (nSPS) is 25.0. The molecule has 9 nitrogen and oxygen atoms in total. The van der Waals surface area contributed by atoms with Crippen molar-refractivity contribution in [3.05, 3.63) is 35.9 Å². The van der Waals surface area contributed by atoms with E-state index in [1.807, 2.05) is 37.3 Å². The Bertz CT molecular complexity index is 978. The molecule has 0 aliphatic carbocycles. The Kier molecular flexibility index (Phi) is 8.13. The summed E-state index contributed by atoms with van der Waals surface area (Å²) in [4.78, 5) is 52.9. The summed E-state index contributed by atoms with van der Waals surface area (Å²) in [6.45, 7) is 12.0. The predicted octanol–water partition coefficient (Wildman–Crippen LogP) is 4.19. The lowest BCUT2D eigenvalue weighted by atomic mass is 9.92. The Morgan fingerprint density at radius 1 is 1.00 bits per heavy atom. The zero-order valence-electron chi connectivity index (χ0n) is 22.1. The van der Waals surface area contributed by atoms with E-state index >= 15 is 0 Å². The molecule has 0 bridgehead atoms. The summed E-state index contributed by atoms with van der Waals surface area (Å²) in [5.74, 6) is -1.69. The van der Waals surface area contributed by atoms with Gasteiger partial charge in [0, 0.05) is 6.42 Å². The van der Waals surface area contributed by atoms with Crippen LogP contribution in [0.25, 0.3) is 0 Å². The maximum atomic E-state index is 13.5. The molecular weight excluding hydrogens is 466 g/mol. The van der Waals surface area contributed by atoms with Crippen LogP contribution in [0.5, 0.6) is 0 Å². The van der Waals surface area contributed by atoms with Gasteiger partial charge in [0.1, 0.15) is 6.04 Å². The number of imide groups is 1. The summed E-state index contributed by atoms with van der Waals surface area (Å²) >= 11 is 0. The molecule has 2 fully saturated rings. The van der Waals surface area contributed by atoms with Crippen molar-refractivity contribution in [2.75, 3.05) is 6.61 Å². The van der Waals surface area contributed by atoms with Crippen LogP contribution >= 0.6 is 0 Å². The highest BCUT2D eigenvalue weighted by Crippen LogP contribution is 2.36. The minimum Gasteiger partial charge on any atom is -0.455 e. The number of benzene rings is 1. The average molecular weight is 504 g/mol. The summed E-state index contributed by atoms with van der Waals surface area (Å²) in [6, 6.07) is 8.48. The molecule has 0 N–H and O–H groups in total. The summed E-state index contributed by atoms with van der Waals surface area (Å²) in [6.07, 6.45) is -3.46. The molecule has 36 heavy (non-hydrogen) atoms. The number of amides is 2. The molecule has 1 aromatic rings. The summed E-state index contributed by atoms with van der Waals surface area (Å²) in [7, 11) is 0. The molecule has 0 spiro atoms. The van der Waals surface area contributed by atoms with Crippen LogP contribution in [0.1, 0.15) is 72.8 Å². The molecule has 0 unspecified atom stereocenters. The molecule has 5 atom stereocenters. The van der Waals surface area contributed by atoms with Crippen LogP contribution in [-0.2, 0) is 33.3 Å². The number of nitrogens with zero attached hydrogens (tertiary/aromatic N) is 1. The molecule has 2 saturated heterocycles. The van der Waals surface area contributed by atoms with Gasteiger partial charge in [-0.2, -0.15) is 0 Å². The first-order valence-electron chi connectivity index (χ1n) is 12.4. The second-order valence-electron chi connectivity index (χ2n) is 11.4. The Labute approximate surface area is 212 Å². The van der Waals surface area contributed by atoms with Gasteiger partial charge < -0.3 is 18.9 Å². The molecule has 198 valence electrons. The second-order valence-corrected chi connectivity index (χ2v) is 11.4. The van der Waals surface area contributed by atoms with Gasteiger partial charge in [0.05, 0.1) is 17.4 Å². The van der Waals surface area contributed by atoms with Crippen molar-refractivity contribution in [3.8, 4) is 0 Å². The van der Waals surface area contributed by atoms with E-state index in [1.54, 1.807) is 41.5 Å². The quantitative estimate of drug-likeness (QED) is 0.420. The van der Waals surface area contributed by atoms with E-state index in [2.05, 4.69) is 0 Å². The van der Waals surface area contributed by atoms with Crippen LogP contribution in [0.3, 0.4) is 0 Å². The first-order chi connectivity index (χ1) is 16.7. The van der Waals surface area contributed by atoms with Gasteiger partial charge in [-0.15, -0.1) is 0 Å². The van der Waals surface area contributed by atoms with E-state index in [9.17, 15) is 19.2 Å². The number of hydrogen-bond donors (Lipinski definition) is 0. The average Bonchev–Trinajstić information content (AvgIpc) is 3.14. The van der Waals surface area contributed by atoms with Crippen molar-refractivity contribution < 1.29 is 38.1 Å². The largest absolute Gasteiger partial charge is 0.455 e. The predicted molar refractivity (Wildman–Crippen MR) is 130 cm³/mol. The van der Waals surface area contributed by atoms with Gasteiger partial charge in [-0.05, 0) is 59.4 Å². The third-order valence-corrected chi connectivity index (χ3v) is 6.30. The number of hydrogen-bond acceptors (Lipinski definition) is 8. The Morgan fingerprint density at radius 2 is 1.58 bits per heavy atom. The number of carbonyl (C=O) groups is 4. The zero-order chi connectivity index (χ0) is 26.8. The number of ether oxygens (including phenoxy) is 4. The van der Waals surface area contributed by atoms with E-state index in [-0.39, 0.29) is 18.9 Å². The number of carbonyl (C=O) groups excluding carboxylic acids is 4. The lowest BCUT2D eigenvalue weighted by Gasteiger charge is -2.40. The van der Waals surface area contributed by atoms with Gasteiger partial charge in [-0.1, -0.05) is 37.3 Å². The third kappa shape index (κ3) is 6.06.